The van der Waals surface area contributed by atoms with Crippen molar-refractivity contribution in [3.05, 3.63) is 95.2 Å². The van der Waals surface area contributed by atoms with Crippen LogP contribution in [0.4, 0.5) is 5.69 Å². The highest BCUT2D eigenvalue weighted by Crippen LogP contribution is 2.17. The lowest BCUT2D eigenvalue weighted by molar-refractivity contribution is 0.0845. The Bertz CT molecular complexity index is 1440. The number of aromatic amines is 1. The molecule has 10 heteroatoms. The van der Waals surface area contributed by atoms with Gasteiger partial charge in [-0.05, 0) is 56.3 Å². The Balaban J connectivity index is 0.000000248. The van der Waals surface area contributed by atoms with Crippen LogP contribution in [0, 0.1) is 13.8 Å². The molecule has 0 atom stereocenters. The fourth-order valence-electron chi connectivity index (χ4n) is 3.04. The molecule has 34 heavy (non-hydrogen) atoms. The van der Waals surface area contributed by atoms with E-state index in [2.05, 4.69) is 15.8 Å². The Labute approximate surface area is 196 Å². The van der Waals surface area contributed by atoms with E-state index in [-0.39, 0.29) is 4.90 Å². The summed E-state index contributed by atoms with van der Waals surface area (Å²) >= 11 is 0. The molecule has 0 fully saturated rings. The number of carbonyl (C=O) groups excluding carboxylic acids is 2. The highest BCUT2D eigenvalue weighted by Gasteiger charge is 2.13. The zero-order valence-corrected chi connectivity index (χ0v) is 19.3. The van der Waals surface area contributed by atoms with E-state index >= 15 is 0 Å². The maximum atomic E-state index is 12.1. The largest absolute Gasteiger partial charge is 0.398 e. The smallest absolute Gasteiger partial charge is 0.294 e. The first-order valence-corrected chi connectivity index (χ1v) is 11.6. The predicted molar refractivity (Wildman–Crippen MR) is 130 cm³/mol. The van der Waals surface area contributed by atoms with Gasteiger partial charge in [0.1, 0.15) is 5.69 Å². The second-order valence-corrected chi connectivity index (χ2v) is 8.98. The number of hydrogen-bond donors (Lipinski definition) is 5. The molecule has 176 valence electrons. The number of nitrogens with two attached hydrogens (primary N) is 1. The van der Waals surface area contributed by atoms with E-state index in [9.17, 15) is 18.0 Å². The number of H-pyrrole nitrogens is 1. The minimum atomic E-state index is -4.02. The molecular weight excluding hydrogens is 456 g/mol. The van der Waals surface area contributed by atoms with Crippen LogP contribution in [0.2, 0.25) is 0 Å². The summed E-state index contributed by atoms with van der Waals surface area (Å²) in [5.41, 5.74) is 14.4. The highest BCUT2D eigenvalue weighted by molar-refractivity contribution is 7.85. The average Bonchev–Trinajstić information content (AvgIpc) is 3.21. The molecule has 1 aromatic heterocycles. The van der Waals surface area contributed by atoms with Crippen LogP contribution in [0.1, 0.15) is 32.0 Å². The average molecular weight is 481 g/mol. The Morgan fingerprint density at radius 3 is 2.12 bits per heavy atom. The predicted octanol–water partition coefficient (Wildman–Crippen LogP) is 3.38. The molecule has 0 unspecified atom stereocenters. The first-order valence-electron chi connectivity index (χ1n) is 10.1. The van der Waals surface area contributed by atoms with Gasteiger partial charge in [-0.2, -0.15) is 8.42 Å². The lowest BCUT2D eigenvalue weighted by Gasteiger charge is -2.08. The molecule has 3 aromatic carbocycles. The van der Waals surface area contributed by atoms with Crippen molar-refractivity contribution >= 4 is 38.5 Å². The number of amides is 2. The van der Waals surface area contributed by atoms with Crippen molar-refractivity contribution in [2.45, 2.75) is 18.7 Å². The Morgan fingerprint density at radius 2 is 1.47 bits per heavy atom. The molecule has 0 aliphatic rings. The van der Waals surface area contributed by atoms with Gasteiger partial charge in [-0.1, -0.05) is 41.5 Å². The molecule has 0 aliphatic carbocycles. The first kappa shape index (κ1) is 24.5. The number of anilines is 1. The van der Waals surface area contributed by atoms with Crippen LogP contribution in [0.25, 0.3) is 10.9 Å². The summed E-state index contributed by atoms with van der Waals surface area (Å²) in [6.07, 6.45) is 0. The van der Waals surface area contributed by atoms with Gasteiger partial charge in [-0.25, -0.2) is 0 Å². The fraction of sp³-hybridized carbons (Fsp3) is 0.0833. The standard InChI is InChI=1S/C17H16N4O2.C7H8O3S/c1-10-6-7-14-11(8-10)9-15(19-14)17(23)21-20-16(22)12-4-2-3-5-13(12)18;1-6-2-4-7(5-3-6)11(8,9)10/h2-9,19H,18H2,1H3,(H,20,22)(H,21,23);2-5H,1H3,(H,8,9,10). The molecule has 9 nitrogen and oxygen atoms in total. The van der Waals surface area contributed by atoms with Crippen molar-refractivity contribution in [1.29, 1.82) is 0 Å². The van der Waals surface area contributed by atoms with Crippen LogP contribution in [-0.4, -0.2) is 29.8 Å². The van der Waals surface area contributed by atoms with Crippen molar-refractivity contribution in [2.24, 2.45) is 0 Å². The van der Waals surface area contributed by atoms with Gasteiger partial charge in [0.05, 0.1) is 10.5 Å². The van der Waals surface area contributed by atoms with Crippen molar-refractivity contribution in [2.75, 3.05) is 5.73 Å². The Kier molecular flexibility index (Phi) is 7.34. The number of benzene rings is 3. The highest BCUT2D eigenvalue weighted by atomic mass is 32.2. The summed E-state index contributed by atoms with van der Waals surface area (Å²) in [4.78, 5) is 27.1. The summed E-state index contributed by atoms with van der Waals surface area (Å²) in [6.45, 7) is 3.82. The molecule has 2 amide bonds. The van der Waals surface area contributed by atoms with Gasteiger partial charge in [0.2, 0.25) is 0 Å². The molecule has 4 aromatic rings. The molecule has 0 saturated heterocycles. The fourth-order valence-corrected chi connectivity index (χ4v) is 3.52. The van der Waals surface area contributed by atoms with Crippen LogP contribution in [-0.2, 0) is 10.1 Å². The minimum Gasteiger partial charge on any atom is -0.398 e. The number of carbonyl (C=O) groups is 2. The number of hydrogen-bond acceptors (Lipinski definition) is 5. The normalized spacial score (nSPS) is 10.8. The van der Waals surface area contributed by atoms with E-state index in [1.807, 2.05) is 32.0 Å². The molecule has 0 saturated carbocycles. The van der Waals surface area contributed by atoms with Crippen LogP contribution in [0.3, 0.4) is 0 Å². The third kappa shape index (κ3) is 6.21. The van der Waals surface area contributed by atoms with E-state index in [1.165, 1.54) is 12.1 Å². The van der Waals surface area contributed by atoms with Gasteiger partial charge < -0.3 is 10.7 Å². The van der Waals surface area contributed by atoms with Gasteiger partial charge in [0.25, 0.3) is 21.9 Å². The van der Waals surface area contributed by atoms with Crippen LogP contribution in [0.5, 0.6) is 0 Å². The number of aryl methyl sites for hydroxylation is 2. The lowest BCUT2D eigenvalue weighted by Crippen LogP contribution is -2.42. The zero-order valence-electron chi connectivity index (χ0n) is 18.5. The quantitative estimate of drug-likeness (QED) is 0.172. The van der Waals surface area contributed by atoms with Gasteiger partial charge in [-0.15, -0.1) is 0 Å². The molecule has 0 bridgehead atoms. The summed E-state index contributed by atoms with van der Waals surface area (Å²) in [7, 11) is -4.02. The maximum absolute atomic E-state index is 12.1. The molecule has 0 spiro atoms. The summed E-state index contributed by atoms with van der Waals surface area (Å²) in [5.74, 6) is -0.898. The monoisotopic (exact) mass is 480 g/mol. The Hall–Kier alpha value is -4.15. The topological polar surface area (TPSA) is 154 Å². The third-order valence-electron chi connectivity index (χ3n) is 4.83. The van der Waals surface area contributed by atoms with Crippen LogP contribution < -0.4 is 16.6 Å². The number of nitrogen functional groups attached to an aromatic ring is 1. The number of rotatable bonds is 3. The number of para-hydroxylation sites is 1. The number of hydrazine groups is 1. The van der Waals surface area contributed by atoms with Crippen molar-refractivity contribution < 1.29 is 22.6 Å². The molecule has 4 rings (SSSR count). The molecule has 1 heterocycles. The maximum Gasteiger partial charge on any atom is 0.294 e. The van der Waals surface area contributed by atoms with E-state index in [4.69, 9.17) is 10.3 Å². The summed E-state index contributed by atoms with van der Waals surface area (Å²) < 4.78 is 29.6. The van der Waals surface area contributed by atoms with Gasteiger partial charge in [-0.3, -0.25) is 25.0 Å². The van der Waals surface area contributed by atoms with Crippen molar-refractivity contribution in [3.63, 3.8) is 0 Å². The second kappa shape index (κ2) is 10.2. The summed E-state index contributed by atoms with van der Waals surface area (Å²) in [5, 5.41) is 0.939. The number of aromatic nitrogens is 1. The minimum absolute atomic E-state index is 0.0666. The van der Waals surface area contributed by atoms with Crippen LogP contribution in [0.15, 0.2) is 77.7 Å². The SMILES string of the molecule is Cc1ccc(S(=O)(=O)O)cc1.Cc1ccc2[nH]c(C(=O)NNC(=O)c3ccccc3N)cc2c1. The summed E-state index contributed by atoms with van der Waals surface area (Å²) in [6, 6.07) is 20.2. The molecule has 0 radical (unpaired) electrons. The van der Waals surface area contributed by atoms with Gasteiger partial charge in [0.15, 0.2) is 0 Å². The van der Waals surface area contributed by atoms with E-state index in [1.54, 1.807) is 42.5 Å². The zero-order chi connectivity index (χ0) is 24.9. The number of nitrogens with one attached hydrogen (secondary N) is 3. The van der Waals surface area contributed by atoms with E-state index < -0.39 is 21.9 Å². The van der Waals surface area contributed by atoms with Crippen molar-refractivity contribution in [1.82, 2.24) is 15.8 Å². The molecular formula is C24H24N4O5S. The Morgan fingerprint density at radius 1 is 0.853 bits per heavy atom. The van der Waals surface area contributed by atoms with Gasteiger partial charge >= 0.3 is 0 Å². The van der Waals surface area contributed by atoms with Gasteiger partial charge in [0, 0.05) is 16.6 Å². The molecule has 6 N–H and O–H groups in total. The number of fused-ring (bicyclic) bond motifs is 1. The van der Waals surface area contributed by atoms with E-state index in [0.29, 0.717) is 16.9 Å². The van der Waals surface area contributed by atoms with Crippen molar-refractivity contribution in [3.8, 4) is 0 Å². The molecule has 0 aliphatic heterocycles. The lowest BCUT2D eigenvalue weighted by atomic mass is 10.2. The second-order valence-electron chi connectivity index (χ2n) is 7.56. The first-order chi connectivity index (χ1) is 16.0. The third-order valence-corrected chi connectivity index (χ3v) is 5.70. The van der Waals surface area contributed by atoms with E-state index in [0.717, 1.165) is 22.0 Å². The van der Waals surface area contributed by atoms with Crippen LogP contribution >= 0.6 is 0 Å².